The number of furan rings is 1. The van der Waals surface area contributed by atoms with E-state index in [1.807, 2.05) is 39.0 Å². The molecule has 134 valence electrons. The summed E-state index contributed by atoms with van der Waals surface area (Å²) in [6.07, 6.45) is 0. The van der Waals surface area contributed by atoms with Gasteiger partial charge in [-0.1, -0.05) is 29.8 Å². The lowest BCUT2D eigenvalue weighted by molar-refractivity contribution is 0.0991. The first-order valence-corrected chi connectivity index (χ1v) is 9.56. The summed E-state index contributed by atoms with van der Waals surface area (Å²) in [5, 5.41) is 2.49. The SMILES string of the molecule is Cc1ccc(S(=O)(=O)c2ccc(C(=O)Nc3cc(C)ccc3C)o2)cc1. The zero-order valence-electron chi connectivity index (χ0n) is 14.7. The second-order valence-corrected chi connectivity index (χ2v) is 8.09. The van der Waals surface area contributed by atoms with Gasteiger partial charge >= 0.3 is 0 Å². The van der Waals surface area contributed by atoms with Crippen LogP contribution in [0.15, 0.2) is 69.0 Å². The quantitative estimate of drug-likeness (QED) is 0.744. The molecule has 0 aliphatic heterocycles. The van der Waals surface area contributed by atoms with E-state index in [9.17, 15) is 13.2 Å². The number of sulfone groups is 1. The minimum atomic E-state index is -3.80. The van der Waals surface area contributed by atoms with Crippen LogP contribution in [0, 0.1) is 20.8 Å². The van der Waals surface area contributed by atoms with Gasteiger partial charge in [0.2, 0.25) is 14.9 Å². The van der Waals surface area contributed by atoms with E-state index in [2.05, 4.69) is 5.32 Å². The van der Waals surface area contributed by atoms with Crippen molar-refractivity contribution in [1.82, 2.24) is 0 Å². The monoisotopic (exact) mass is 369 g/mol. The largest absolute Gasteiger partial charge is 0.439 e. The van der Waals surface area contributed by atoms with E-state index in [-0.39, 0.29) is 15.7 Å². The molecule has 1 amide bonds. The summed E-state index contributed by atoms with van der Waals surface area (Å²) < 4.78 is 30.6. The van der Waals surface area contributed by atoms with E-state index in [1.54, 1.807) is 12.1 Å². The number of hydrogen-bond donors (Lipinski definition) is 1. The number of nitrogens with one attached hydrogen (secondary N) is 1. The van der Waals surface area contributed by atoms with Crippen LogP contribution in [0.25, 0.3) is 0 Å². The topological polar surface area (TPSA) is 76.4 Å². The van der Waals surface area contributed by atoms with Crippen LogP contribution in [0.4, 0.5) is 5.69 Å². The Balaban J connectivity index is 1.86. The molecule has 0 bridgehead atoms. The van der Waals surface area contributed by atoms with Crippen LogP contribution in [0.1, 0.15) is 27.2 Å². The molecule has 1 aromatic heterocycles. The molecule has 0 fully saturated rings. The van der Waals surface area contributed by atoms with Crippen molar-refractivity contribution in [2.24, 2.45) is 0 Å². The zero-order valence-corrected chi connectivity index (χ0v) is 15.6. The number of aryl methyl sites for hydroxylation is 3. The minimum Gasteiger partial charge on any atom is -0.439 e. The predicted molar refractivity (Wildman–Crippen MR) is 99.2 cm³/mol. The van der Waals surface area contributed by atoms with Crippen LogP contribution >= 0.6 is 0 Å². The zero-order chi connectivity index (χ0) is 18.9. The molecular formula is C20H19NO4S. The standard InChI is InChI=1S/C20H19NO4S/c1-13-5-8-16(9-6-13)26(23,24)19-11-10-18(25-19)20(22)21-17-12-14(2)4-7-15(17)3/h4-12H,1-3H3,(H,21,22). The second-order valence-electron chi connectivity index (χ2n) is 6.21. The van der Waals surface area contributed by atoms with E-state index < -0.39 is 15.7 Å². The smallest absolute Gasteiger partial charge is 0.291 e. The molecule has 3 aromatic rings. The summed E-state index contributed by atoms with van der Waals surface area (Å²) in [6.45, 7) is 5.68. The predicted octanol–water partition coefficient (Wildman–Crippen LogP) is 4.29. The summed E-state index contributed by atoms with van der Waals surface area (Å²) in [5.41, 5.74) is 3.53. The highest BCUT2D eigenvalue weighted by molar-refractivity contribution is 7.91. The van der Waals surface area contributed by atoms with Gasteiger partial charge in [0.25, 0.3) is 5.91 Å². The molecule has 0 aliphatic carbocycles. The molecule has 0 spiro atoms. The first-order chi connectivity index (χ1) is 12.3. The summed E-state index contributed by atoms with van der Waals surface area (Å²) in [5.74, 6) is -0.555. The van der Waals surface area contributed by atoms with Crippen LogP contribution < -0.4 is 5.32 Å². The molecule has 5 nitrogen and oxygen atoms in total. The maximum absolute atomic E-state index is 12.6. The van der Waals surface area contributed by atoms with Crippen molar-refractivity contribution < 1.29 is 17.6 Å². The van der Waals surface area contributed by atoms with Gasteiger partial charge in [0.05, 0.1) is 4.90 Å². The molecular weight excluding hydrogens is 350 g/mol. The van der Waals surface area contributed by atoms with Gasteiger partial charge in [-0.15, -0.1) is 0 Å². The van der Waals surface area contributed by atoms with Crippen LogP contribution in [0.3, 0.4) is 0 Å². The van der Waals surface area contributed by atoms with Crippen LogP contribution in [-0.2, 0) is 9.84 Å². The molecule has 3 rings (SSSR count). The Kier molecular flexibility index (Phi) is 4.70. The number of carbonyl (C=O) groups excluding carboxylic acids is 1. The van der Waals surface area contributed by atoms with Gasteiger partial charge in [0, 0.05) is 5.69 Å². The fourth-order valence-electron chi connectivity index (χ4n) is 2.47. The molecule has 0 unspecified atom stereocenters. The molecule has 0 saturated heterocycles. The summed E-state index contributed by atoms with van der Waals surface area (Å²) in [4.78, 5) is 12.5. The molecule has 26 heavy (non-hydrogen) atoms. The molecule has 0 saturated carbocycles. The number of hydrogen-bond acceptors (Lipinski definition) is 4. The third kappa shape index (κ3) is 3.55. The fourth-order valence-corrected chi connectivity index (χ4v) is 3.65. The van der Waals surface area contributed by atoms with Crippen LogP contribution in [0.5, 0.6) is 0 Å². The van der Waals surface area contributed by atoms with E-state index >= 15 is 0 Å². The van der Waals surface area contributed by atoms with Crippen molar-refractivity contribution in [3.05, 3.63) is 77.0 Å². The highest BCUT2D eigenvalue weighted by Crippen LogP contribution is 2.24. The number of rotatable bonds is 4. The molecule has 0 atom stereocenters. The van der Waals surface area contributed by atoms with Crippen molar-refractivity contribution >= 4 is 21.4 Å². The molecule has 0 aliphatic rings. The summed E-state index contributed by atoms with van der Waals surface area (Å²) >= 11 is 0. The highest BCUT2D eigenvalue weighted by atomic mass is 32.2. The van der Waals surface area contributed by atoms with Crippen LogP contribution in [-0.4, -0.2) is 14.3 Å². The first-order valence-electron chi connectivity index (χ1n) is 8.07. The Hall–Kier alpha value is -2.86. The molecule has 2 aromatic carbocycles. The Bertz CT molecular complexity index is 1060. The van der Waals surface area contributed by atoms with Crippen molar-refractivity contribution in [3.63, 3.8) is 0 Å². The van der Waals surface area contributed by atoms with Crippen molar-refractivity contribution in [3.8, 4) is 0 Å². The average Bonchev–Trinajstić information content (AvgIpc) is 3.09. The van der Waals surface area contributed by atoms with E-state index in [1.165, 1.54) is 24.3 Å². The minimum absolute atomic E-state index is 0.0587. The lowest BCUT2D eigenvalue weighted by Crippen LogP contribution is -2.12. The third-order valence-corrected chi connectivity index (χ3v) is 5.68. The maximum atomic E-state index is 12.6. The van der Waals surface area contributed by atoms with E-state index in [0.717, 1.165) is 16.7 Å². The Morgan fingerprint density at radius 2 is 1.54 bits per heavy atom. The number of benzene rings is 2. The first kappa shape index (κ1) is 17.9. The lowest BCUT2D eigenvalue weighted by atomic mass is 10.1. The van der Waals surface area contributed by atoms with Crippen molar-refractivity contribution in [2.45, 2.75) is 30.8 Å². The molecule has 0 radical (unpaired) electrons. The summed E-state index contributed by atoms with van der Waals surface area (Å²) in [6, 6.07) is 14.8. The van der Waals surface area contributed by atoms with Crippen molar-refractivity contribution in [2.75, 3.05) is 5.32 Å². The number of anilines is 1. The van der Waals surface area contributed by atoms with Gasteiger partial charge < -0.3 is 9.73 Å². The van der Waals surface area contributed by atoms with Gasteiger partial charge in [0.1, 0.15) is 0 Å². The van der Waals surface area contributed by atoms with Gasteiger partial charge in [-0.05, 0) is 62.2 Å². The van der Waals surface area contributed by atoms with Crippen LogP contribution in [0.2, 0.25) is 0 Å². The molecule has 1 heterocycles. The Morgan fingerprint density at radius 1 is 0.885 bits per heavy atom. The highest BCUT2D eigenvalue weighted by Gasteiger charge is 2.23. The van der Waals surface area contributed by atoms with Gasteiger partial charge in [-0.25, -0.2) is 8.42 Å². The fraction of sp³-hybridized carbons (Fsp3) is 0.150. The Morgan fingerprint density at radius 3 is 2.23 bits per heavy atom. The number of carbonyl (C=O) groups is 1. The van der Waals surface area contributed by atoms with Gasteiger partial charge in [-0.3, -0.25) is 4.79 Å². The molecule has 1 N–H and O–H groups in total. The Labute approximate surface area is 152 Å². The lowest BCUT2D eigenvalue weighted by Gasteiger charge is -2.08. The number of amides is 1. The third-order valence-electron chi connectivity index (χ3n) is 4.04. The second kappa shape index (κ2) is 6.80. The van der Waals surface area contributed by atoms with E-state index in [0.29, 0.717) is 5.69 Å². The van der Waals surface area contributed by atoms with E-state index in [4.69, 9.17) is 4.42 Å². The van der Waals surface area contributed by atoms with Gasteiger partial charge in [0.15, 0.2) is 5.76 Å². The maximum Gasteiger partial charge on any atom is 0.291 e. The molecule has 6 heteroatoms. The van der Waals surface area contributed by atoms with Gasteiger partial charge in [-0.2, -0.15) is 0 Å². The normalized spacial score (nSPS) is 11.3. The average molecular weight is 369 g/mol. The summed E-state index contributed by atoms with van der Waals surface area (Å²) in [7, 11) is -3.80. The van der Waals surface area contributed by atoms with Crippen molar-refractivity contribution in [1.29, 1.82) is 0 Å².